The van der Waals surface area contributed by atoms with E-state index >= 15 is 0 Å². The first-order chi connectivity index (χ1) is 8.16. The summed E-state index contributed by atoms with van der Waals surface area (Å²) < 4.78 is 0. The third-order valence-electron chi connectivity index (χ3n) is 3.46. The highest BCUT2D eigenvalue weighted by atomic mass is 16.2. The monoisotopic (exact) mass is 232 g/mol. The average molecular weight is 232 g/mol. The summed E-state index contributed by atoms with van der Waals surface area (Å²) in [6.07, 6.45) is 2.77. The summed E-state index contributed by atoms with van der Waals surface area (Å²) in [5.74, 6) is 0.375. The molecule has 17 heavy (non-hydrogen) atoms. The van der Waals surface area contributed by atoms with Gasteiger partial charge in [-0.15, -0.1) is 0 Å². The van der Waals surface area contributed by atoms with Gasteiger partial charge in [0.15, 0.2) is 0 Å². The Hall–Kier alpha value is -1.35. The number of hydrogen-bond donors (Lipinski definition) is 1. The lowest BCUT2D eigenvalue weighted by atomic mass is 10.1. The standard InChI is InChI=1S/C14H20N2O/c1-16(10-11-5-3-2-4-6-11)14(17)12-7-8-13(15)9-12/h2-6,12-13H,7-10,15H2,1H3. The van der Waals surface area contributed by atoms with Crippen LogP contribution in [-0.4, -0.2) is 23.9 Å². The van der Waals surface area contributed by atoms with Crippen LogP contribution < -0.4 is 5.73 Å². The summed E-state index contributed by atoms with van der Waals surface area (Å²) in [5.41, 5.74) is 7.02. The van der Waals surface area contributed by atoms with E-state index in [1.54, 1.807) is 0 Å². The van der Waals surface area contributed by atoms with Gasteiger partial charge in [-0.1, -0.05) is 30.3 Å². The van der Waals surface area contributed by atoms with Crippen LogP contribution in [0.4, 0.5) is 0 Å². The first-order valence-electron chi connectivity index (χ1n) is 6.21. The summed E-state index contributed by atoms with van der Waals surface area (Å²) in [4.78, 5) is 14.0. The smallest absolute Gasteiger partial charge is 0.225 e. The van der Waals surface area contributed by atoms with Crippen molar-refractivity contribution >= 4 is 5.91 Å². The third kappa shape index (κ3) is 3.07. The maximum absolute atomic E-state index is 12.2. The molecule has 0 saturated heterocycles. The van der Waals surface area contributed by atoms with Crippen LogP contribution in [-0.2, 0) is 11.3 Å². The number of carbonyl (C=O) groups excluding carboxylic acids is 1. The predicted octanol–water partition coefficient (Wildman–Crippen LogP) is 1.77. The van der Waals surface area contributed by atoms with Crippen molar-refractivity contribution < 1.29 is 4.79 Å². The summed E-state index contributed by atoms with van der Waals surface area (Å²) >= 11 is 0. The highest BCUT2D eigenvalue weighted by molar-refractivity contribution is 5.78. The van der Waals surface area contributed by atoms with Gasteiger partial charge in [-0.3, -0.25) is 4.79 Å². The second-order valence-electron chi connectivity index (χ2n) is 4.95. The molecule has 92 valence electrons. The molecule has 1 aliphatic rings. The van der Waals surface area contributed by atoms with Crippen molar-refractivity contribution in [2.45, 2.75) is 31.8 Å². The Bertz CT molecular complexity index is 377. The number of amides is 1. The maximum atomic E-state index is 12.2. The minimum Gasteiger partial charge on any atom is -0.341 e. The fourth-order valence-corrected chi connectivity index (χ4v) is 2.49. The molecule has 1 amide bonds. The molecule has 1 fully saturated rings. The van der Waals surface area contributed by atoms with Crippen LogP contribution in [0, 0.1) is 5.92 Å². The third-order valence-corrected chi connectivity index (χ3v) is 3.46. The molecule has 0 heterocycles. The molecule has 0 aliphatic heterocycles. The summed E-state index contributed by atoms with van der Waals surface area (Å²) in [6.45, 7) is 0.686. The van der Waals surface area contributed by atoms with Crippen molar-refractivity contribution in [1.82, 2.24) is 4.90 Å². The Balaban J connectivity index is 1.92. The minimum absolute atomic E-state index is 0.138. The van der Waals surface area contributed by atoms with E-state index in [2.05, 4.69) is 0 Å². The molecule has 2 rings (SSSR count). The topological polar surface area (TPSA) is 46.3 Å². The SMILES string of the molecule is CN(Cc1ccccc1)C(=O)C1CCC(N)C1. The highest BCUT2D eigenvalue weighted by Gasteiger charge is 2.29. The molecular weight excluding hydrogens is 212 g/mol. The Morgan fingerprint density at radius 3 is 2.65 bits per heavy atom. The average Bonchev–Trinajstić information content (AvgIpc) is 2.76. The van der Waals surface area contributed by atoms with Gasteiger partial charge in [-0.2, -0.15) is 0 Å². The van der Waals surface area contributed by atoms with E-state index in [1.165, 1.54) is 5.56 Å². The lowest BCUT2D eigenvalue weighted by Crippen LogP contribution is -2.32. The van der Waals surface area contributed by atoms with E-state index in [4.69, 9.17) is 5.73 Å². The number of nitrogens with zero attached hydrogens (tertiary/aromatic N) is 1. The largest absolute Gasteiger partial charge is 0.341 e. The molecule has 1 saturated carbocycles. The number of nitrogens with two attached hydrogens (primary N) is 1. The van der Waals surface area contributed by atoms with Crippen molar-refractivity contribution in [1.29, 1.82) is 0 Å². The van der Waals surface area contributed by atoms with Crippen LogP contribution in [0.25, 0.3) is 0 Å². The van der Waals surface area contributed by atoms with Gasteiger partial charge in [0.1, 0.15) is 0 Å². The molecule has 0 bridgehead atoms. The van der Waals surface area contributed by atoms with Gasteiger partial charge < -0.3 is 10.6 Å². The molecule has 2 unspecified atom stereocenters. The molecule has 0 spiro atoms. The van der Waals surface area contributed by atoms with E-state index in [9.17, 15) is 4.79 Å². The van der Waals surface area contributed by atoms with Crippen LogP contribution in [0.1, 0.15) is 24.8 Å². The van der Waals surface area contributed by atoms with Crippen molar-refractivity contribution in [2.75, 3.05) is 7.05 Å². The van der Waals surface area contributed by atoms with Crippen LogP contribution in [0.15, 0.2) is 30.3 Å². The fraction of sp³-hybridized carbons (Fsp3) is 0.500. The Kier molecular flexibility index (Phi) is 3.79. The lowest BCUT2D eigenvalue weighted by Gasteiger charge is -2.21. The summed E-state index contributed by atoms with van der Waals surface area (Å²) in [5, 5.41) is 0. The summed E-state index contributed by atoms with van der Waals surface area (Å²) in [6, 6.07) is 10.3. The minimum atomic E-state index is 0.138. The second kappa shape index (κ2) is 5.32. The zero-order valence-corrected chi connectivity index (χ0v) is 10.3. The van der Waals surface area contributed by atoms with Crippen LogP contribution in [0.3, 0.4) is 0 Å². The summed E-state index contributed by atoms with van der Waals surface area (Å²) in [7, 11) is 1.87. The van der Waals surface area contributed by atoms with Gasteiger partial charge in [0.25, 0.3) is 0 Å². The quantitative estimate of drug-likeness (QED) is 0.863. The van der Waals surface area contributed by atoms with E-state index in [0.29, 0.717) is 6.54 Å². The maximum Gasteiger partial charge on any atom is 0.225 e. The normalized spacial score (nSPS) is 23.6. The van der Waals surface area contributed by atoms with Gasteiger partial charge in [-0.05, 0) is 24.8 Å². The Morgan fingerprint density at radius 1 is 1.35 bits per heavy atom. The van der Waals surface area contributed by atoms with E-state index in [0.717, 1.165) is 19.3 Å². The van der Waals surface area contributed by atoms with Crippen LogP contribution >= 0.6 is 0 Å². The molecule has 2 atom stereocenters. The van der Waals surface area contributed by atoms with Crippen molar-refractivity contribution in [3.8, 4) is 0 Å². The Labute approximate surface area is 103 Å². The van der Waals surface area contributed by atoms with Crippen molar-refractivity contribution in [3.63, 3.8) is 0 Å². The number of hydrogen-bond acceptors (Lipinski definition) is 2. The molecule has 0 aromatic heterocycles. The van der Waals surface area contributed by atoms with Crippen LogP contribution in [0.2, 0.25) is 0 Å². The number of benzene rings is 1. The Morgan fingerprint density at radius 2 is 2.06 bits per heavy atom. The molecule has 1 aromatic carbocycles. The molecule has 3 nitrogen and oxygen atoms in total. The van der Waals surface area contributed by atoms with Gasteiger partial charge in [-0.25, -0.2) is 0 Å². The van der Waals surface area contributed by atoms with E-state index < -0.39 is 0 Å². The van der Waals surface area contributed by atoms with E-state index in [1.807, 2.05) is 42.3 Å². The number of carbonyl (C=O) groups is 1. The molecule has 1 aliphatic carbocycles. The zero-order valence-electron chi connectivity index (χ0n) is 10.3. The second-order valence-corrected chi connectivity index (χ2v) is 4.95. The van der Waals surface area contributed by atoms with Crippen LogP contribution in [0.5, 0.6) is 0 Å². The number of rotatable bonds is 3. The van der Waals surface area contributed by atoms with Gasteiger partial charge >= 0.3 is 0 Å². The van der Waals surface area contributed by atoms with Gasteiger partial charge in [0.05, 0.1) is 0 Å². The predicted molar refractivity (Wildman–Crippen MR) is 68.2 cm³/mol. The van der Waals surface area contributed by atoms with Crippen molar-refractivity contribution in [2.24, 2.45) is 11.7 Å². The molecule has 1 aromatic rings. The molecule has 3 heteroatoms. The van der Waals surface area contributed by atoms with E-state index in [-0.39, 0.29) is 17.9 Å². The molecular formula is C14H20N2O. The molecule has 0 radical (unpaired) electrons. The van der Waals surface area contributed by atoms with Gasteiger partial charge in [0.2, 0.25) is 5.91 Å². The van der Waals surface area contributed by atoms with Crippen molar-refractivity contribution in [3.05, 3.63) is 35.9 Å². The highest BCUT2D eigenvalue weighted by Crippen LogP contribution is 2.26. The van der Waals surface area contributed by atoms with Gasteiger partial charge in [0, 0.05) is 25.6 Å². The fourth-order valence-electron chi connectivity index (χ4n) is 2.49. The first-order valence-corrected chi connectivity index (χ1v) is 6.21. The first kappa shape index (κ1) is 12.1. The molecule has 2 N–H and O–H groups in total. The lowest BCUT2D eigenvalue weighted by molar-refractivity contribution is -0.134. The zero-order chi connectivity index (χ0) is 12.3.